The highest BCUT2D eigenvalue weighted by molar-refractivity contribution is 6.03. The Hall–Kier alpha value is -3.50. The van der Waals surface area contributed by atoms with Crippen molar-refractivity contribution in [2.45, 2.75) is 57.1 Å². The van der Waals surface area contributed by atoms with Crippen LogP contribution < -0.4 is 15.8 Å². The molecular formula is C29H31F3N4O3. The van der Waals surface area contributed by atoms with Gasteiger partial charge in [0.2, 0.25) is 0 Å². The average molecular weight is 541 g/mol. The van der Waals surface area contributed by atoms with Crippen molar-refractivity contribution in [3.8, 4) is 17.0 Å². The molecule has 2 aromatic heterocycles. The molecule has 3 heterocycles. The van der Waals surface area contributed by atoms with E-state index in [9.17, 15) is 9.18 Å². The molecule has 7 nitrogen and oxygen atoms in total. The SMILES string of the molecule is C[C@@H]1C[C@H](N)C[C@H](c2ccncc2NC(=O)c2ccc(F)c(-c3c(F)cc(O[C@H]4CCCOC4)cc3F)n2)C1. The van der Waals surface area contributed by atoms with Gasteiger partial charge in [-0.2, -0.15) is 0 Å². The highest BCUT2D eigenvalue weighted by Gasteiger charge is 2.28. The van der Waals surface area contributed by atoms with Gasteiger partial charge < -0.3 is 20.5 Å². The standard InChI is InChI=1S/C29H31F3N4O3/c1-16-9-17(11-18(33)10-16)21-6-7-34-14-26(21)36-29(37)25-5-4-22(30)28(35-25)27-23(31)12-20(13-24(27)32)39-19-3-2-8-38-15-19/h4-7,12-14,16-19H,2-3,8-11,15,33H2,1H3,(H,36,37)/t16-,17+,18-,19-/m0/s1. The largest absolute Gasteiger partial charge is 0.488 e. The maximum atomic E-state index is 15.1. The Morgan fingerprint density at radius 2 is 1.90 bits per heavy atom. The van der Waals surface area contributed by atoms with E-state index in [4.69, 9.17) is 15.2 Å². The minimum absolute atomic E-state index is 0.0283. The third kappa shape index (κ3) is 6.23. The van der Waals surface area contributed by atoms with Gasteiger partial charge in [0.25, 0.3) is 5.91 Å². The van der Waals surface area contributed by atoms with Crippen molar-refractivity contribution in [3.63, 3.8) is 0 Å². The Bertz CT molecular complexity index is 1320. The average Bonchev–Trinajstić information content (AvgIpc) is 2.89. The molecular weight excluding hydrogens is 509 g/mol. The fraction of sp³-hybridized carbons (Fsp3) is 0.414. The molecule has 0 unspecified atom stereocenters. The molecule has 1 saturated heterocycles. The monoisotopic (exact) mass is 540 g/mol. The van der Waals surface area contributed by atoms with Gasteiger partial charge >= 0.3 is 0 Å². The number of halogens is 3. The van der Waals surface area contributed by atoms with Gasteiger partial charge in [0, 0.05) is 31.0 Å². The first-order chi connectivity index (χ1) is 18.8. The fourth-order valence-electron chi connectivity index (χ4n) is 5.55. The number of ether oxygens (including phenoxy) is 2. The van der Waals surface area contributed by atoms with E-state index < -0.39 is 34.6 Å². The van der Waals surface area contributed by atoms with Crippen LogP contribution in [0.4, 0.5) is 18.9 Å². The number of hydrogen-bond acceptors (Lipinski definition) is 6. The number of aromatic nitrogens is 2. The minimum atomic E-state index is -1.05. The molecule has 1 aliphatic carbocycles. The summed E-state index contributed by atoms with van der Waals surface area (Å²) >= 11 is 0. The van der Waals surface area contributed by atoms with Gasteiger partial charge in [-0.15, -0.1) is 0 Å². The van der Waals surface area contributed by atoms with Crippen molar-refractivity contribution in [2.24, 2.45) is 11.7 Å². The highest BCUT2D eigenvalue weighted by Crippen LogP contribution is 2.38. The summed E-state index contributed by atoms with van der Waals surface area (Å²) in [7, 11) is 0. The number of nitrogens with one attached hydrogen (secondary N) is 1. The second-order valence-electron chi connectivity index (χ2n) is 10.4. The molecule has 1 aromatic carbocycles. The Morgan fingerprint density at radius 3 is 2.62 bits per heavy atom. The lowest BCUT2D eigenvalue weighted by molar-refractivity contribution is 0.00720. The van der Waals surface area contributed by atoms with Crippen LogP contribution in [-0.2, 0) is 4.74 Å². The smallest absolute Gasteiger partial charge is 0.274 e. The van der Waals surface area contributed by atoms with Crippen LogP contribution >= 0.6 is 0 Å². The Morgan fingerprint density at radius 1 is 1.10 bits per heavy atom. The molecule has 1 amide bonds. The van der Waals surface area contributed by atoms with E-state index in [-0.39, 0.29) is 29.5 Å². The van der Waals surface area contributed by atoms with Gasteiger partial charge in [-0.25, -0.2) is 18.2 Å². The number of rotatable bonds is 6. The summed E-state index contributed by atoms with van der Waals surface area (Å²) in [5.74, 6) is -3.18. The van der Waals surface area contributed by atoms with Crippen molar-refractivity contribution in [2.75, 3.05) is 18.5 Å². The number of carbonyl (C=O) groups excluding carboxylic acids is 1. The lowest BCUT2D eigenvalue weighted by Gasteiger charge is -2.32. The van der Waals surface area contributed by atoms with E-state index in [0.717, 1.165) is 49.4 Å². The maximum absolute atomic E-state index is 15.1. The van der Waals surface area contributed by atoms with Crippen molar-refractivity contribution in [1.29, 1.82) is 0 Å². The van der Waals surface area contributed by atoms with Crippen molar-refractivity contribution in [1.82, 2.24) is 9.97 Å². The first kappa shape index (κ1) is 27.1. The summed E-state index contributed by atoms with van der Waals surface area (Å²) in [5.41, 5.74) is 6.15. The van der Waals surface area contributed by atoms with Crippen molar-refractivity contribution < 1.29 is 27.4 Å². The molecule has 0 spiro atoms. The van der Waals surface area contributed by atoms with Crippen LogP contribution in [0.15, 0.2) is 42.7 Å². The molecule has 1 aliphatic heterocycles. The molecule has 2 fully saturated rings. The second kappa shape index (κ2) is 11.7. The summed E-state index contributed by atoms with van der Waals surface area (Å²) in [6.45, 7) is 3.09. The van der Waals surface area contributed by atoms with Crippen LogP contribution in [0.2, 0.25) is 0 Å². The van der Waals surface area contributed by atoms with Crippen LogP contribution in [-0.4, -0.2) is 41.2 Å². The summed E-state index contributed by atoms with van der Waals surface area (Å²) < 4.78 is 55.9. The topological polar surface area (TPSA) is 99.4 Å². The van der Waals surface area contributed by atoms with Gasteiger partial charge in [0.1, 0.15) is 40.7 Å². The number of anilines is 1. The van der Waals surface area contributed by atoms with Gasteiger partial charge in [0.05, 0.1) is 24.1 Å². The molecule has 39 heavy (non-hydrogen) atoms. The van der Waals surface area contributed by atoms with E-state index in [1.165, 1.54) is 12.3 Å². The van der Waals surface area contributed by atoms with Gasteiger partial charge in [-0.1, -0.05) is 6.92 Å². The summed E-state index contributed by atoms with van der Waals surface area (Å²) in [4.78, 5) is 21.3. The Kier molecular flexibility index (Phi) is 8.13. The summed E-state index contributed by atoms with van der Waals surface area (Å²) in [5, 5.41) is 2.79. The number of benzene rings is 1. The number of amides is 1. The Labute approximate surface area is 224 Å². The van der Waals surface area contributed by atoms with E-state index in [1.807, 2.05) is 6.07 Å². The number of pyridine rings is 2. The van der Waals surface area contributed by atoms with Crippen molar-refractivity contribution in [3.05, 3.63) is 71.4 Å². The number of hydrogen-bond donors (Lipinski definition) is 2. The first-order valence-electron chi connectivity index (χ1n) is 13.2. The van der Waals surface area contributed by atoms with Crippen LogP contribution in [0, 0.1) is 23.4 Å². The van der Waals surface area contributed by atoms with E-state index in [2.05, 4.69) is 22.2 Å². The zero-order valence-electron chi connectivity index (χ0n) is 21.6. The molecule has 0 radical (unpaired) electrons. The van der Waals surface area contributed by atoms with E-state index in [1.54, 1.807) is 6.20 Å². The maximum Gasteiger partial charge on any atom is 0.274 e. The number of nitrogens with two attached hydrogens (primary N) is 1. The lowest BCUT2D eigenvalue weighted by atomic mass is 9.76. The van der Waals surface area contributed by atoms with Gasteiger partial charge in [0.15, 0.2) is 0 Å². The van der Waals surface area contributed by atoms with Crippen LogP contribution in [0.25, 0.3) is 11.3 Å². The predicted molar refractivity (Wildman–Crippen MR) is 140 cm³/mol. The normalized spacial score (nSPS) is 23.3. The van der Waals surface area contributed by atoms with E-state index in [0.29, 0.717) is 31.2 Å². The van der Waals surface area contributed by atoms with Crippen molar-refractivity contribution >= 4 is 11.6 Å². The molecule has 5 rings (SSSR count). The highest BCUT2D eigenvalue weighted by atomic mass is 19.1. The third-order valence-corrected chi connectivity index (χ3v) is 7.27. The quantitative estimate of drug-likeness (QED) is 0.422. The number of nitrogens with zero attached hydrogens (tertiary/aromatic N) is 2. The van der Waals surface area contributed by atoms with Crippen LogP contribution in [0.1, 0.15) is 61.0 Å². The van der Waals surface area contributed by atoms with Crippen LogP contribution in [0.3, 0.4) is 0 Å². The molecule has 3 aromatic rings. The molecule has 2 aliphatic rings. The molecule has 4 atom stereocenters. The van der Waals surface area contributed by atoms with E-state index >= 15 is 8.78 Å². The minimum Gasteiger partial charge on any atom is -0.488 e. The van der Waals surface area contributed by atoms with Gasteiger partial charge in [-0.3, -0.25) is 9.78 Å². The summed E-state index contributed by atoms with van der Waals surface area (Å²) in [6, 6.07) is 6.01. The molecule has 206 valence electrons. The van der Waals surface area contributed by atoms with Gasteiger partial charge in [-0.05, 0) is 67.7 Å². The number of carbonyl (C=O) groups is 1. The molecule has 0 bridgehead atoms. The predicted octanol–water partition coefficient (Wildman–Crippen LogP) is 5.60. The fourth-order valence-corrected chi connectivity index (χ4v) is 5.55. The third-order valence-electron chi connectivity index (χ3n) is 7.27. The van der Waals surface area contributed by atoms with Crippen LogP contribution in [0.5, 0.6) is 5.75 Å². The molecule has 10 heteroatoms. The molecule has 1 saturated carbocycles. The zero-order valence-corrected chi connectivity index (χ0v) is 21.6. The second-order valence-corrected chi connectivity index (χ2v) is 10.4. The lowest BCUT2D eigenvalue weighted by Crippen LogP contribution is -2.31. The summed E-state index contributed by atoms with van der Waals surface area (Å²) in [6.07, 6.45) is 7.00. The molecule has 3 N–H and O–H groups in total. The Balaban J connectivity index is 1.38. The first-order valence-corrected chi connectivity index (χ1v) is 13.2. The zero-order chi connectivity index (χ0) is 27.5.